The zero-order valence-electron chi connectivity index (χ0n) is 16.6. The van der Waals surface area contributed by atoms with Crippen molar-refractivity contribution in [1.82, 2.24) is 0 Å². The molecule has 0 radical (unpaired) electrons. The Kier molecular flexibility index (Phi) is 12.7. The monoisotopic (exact) mass is 342 g/mol. The smallest absolute Gasteiger partial charge is 0.309 e. The van der Waals surface area contributed by atoms with Gasteiger partial charge in [-0.15, -0.1) is 0 Å². The van der Waals surface area contributed by atoms with E-state index in [1.807, 2.05) is 27.7 Å². The molecule has 0 saturated carbocycles. The molecule has 0 rings (SSSR count). The molecule has 0 aromatic rings. The second kappa shape index (κ2) is 13.3. The first kappa shape index (κ1) is 22.9. The Balaban J connectivity index is 5.07. The molecule has 0 aromatic carbocycles. The van der Waals surface area contributed by atoms with E-state index in [0.717, 1.165) is 25.7 Å². The maximum Gasteiger partial charge on any atom is 0.309 e. The molecule has 0 spiro atoms. The van der Waals surface area contributed by atoms with Crippen molar-refractivity contribution in [2.24, 2.45) is 23.7 Å². The molecule has 0 aliphatic carbocycles. The second-order valence-corrected chi connectivity index (χ2v) is 7.55. The first-order valence-corrected chi connectivity index (χ1v) is 9.66. The van der Waals surface area contributed by atoms with Gasteiger partial charge < -0.3 is 9.47 Å². The van der Waals surface area contributed by atoms with Crippen LogP contribution >= 0.6 is 0 Å². The lowest BCUT2D eigenvalue weighted by Crippen LogP contribution is -2.34. The quantitative estimate of drug-likeness (QED) is 0.442. The van der Waals surface area contributed by atoms with Crippen LogP contribution in [0.1, 0.15) is 80.1 Å². The lowest BCUT2D eigenvalue weighted by Gasteiger charge is -2.25. The Morgan fingerprint density at radius 3 is 1.29 bits per heavy atom. The summed E-state index contributed by atoms with van der Waals surface area (Å²) in [6.07, 6.45) is 5.21. The number of hydrogen-bond acceptors (Lipinski definition) is 4. The molecule has 0 aliphatic rings. The van der Waals surface area contributed by atoms with Crippen LogP contribution in [-0.2, 0) is 19.1 Å². The number of hydrogen-bond donors (Lipinski definition) is 0. The van der Waals surface area contributed by atoms with Gasteiger partial charge >= 0.3 is 11.9 Å². The van der Waals surface area contributed by atoms with Gasteiger partial charge in [0.15, 0.2) is 0 Å². The van der Waals surface area contributed by atoms with Crippen LogP contribution in [0.25, 0.3) is 0 Å². The van der Waals surface area contributed by atoms with Gasteiger partial charge in [0.05, 0.1) is 25.0 Å². The van der Waals surface area contributed by atoms with Crippen molar-refractivity contribution in [3.05, 3.63) is 0 Å². The van der Waals surface area contributed by atoms with Crippen LogP contribution in [-0.4, -0.2) is 25.2 Å². The highest BCUT2D eigenvalue weighted by atomic mass is 16.5. The van der Waals surface area contributed by atoms with Crippen LogP contribution in [0.15, 0.2) is 0 Å². The molecule has 0 aliphatic heterocycles. The summed E-state index contributed by atoms with van der Waals surface area (Å²) in [6, 6.07) is 0. The highest BCUT2D eigenvalue weighted by molar-refractivity contribution is 5.82. The van der Waals surface area contributed by atoms with Crippen LogP contribution in [0, 0.1) is 23.7 Å². The third-order valence-corrected chi connectivity index (χ3v) is 3.95. The summed E-state index contributed by atoms with van der Waals surface area (Å²) >= 11 is 0. The summed E-state index contributed by atoms with van der Waals surface area (Å²) in [4.78, 5) is 25.1. The minimum atomic E-state index is -0.380. The first-order valence-electron chi connectivity index (χ1n) is 9.66. The maximum absolute atomic E-state index is 12.6. The number of unbranched alkanes of at least 4 members (excludes halogenated alkanes) is 2. The summed E-state index contributed by atoms with van der Waals surface area (Å²) in [5, 5.41) is 0. The van der Waals surface area contributed by atoms with Crippen molar-refractivity contribution >= 4 is 11.9 Å². The van der Waals surface area contributed by atoms with E-state index in [-0.39, 0.29) is 23.8 Å². The van der Waals surface area contributed by atoms with E-state index in [0.29, 0.717) is 37.9 Å². The van der Waals surface area contributed by atoms with Gasteiger partial charge in [-0.05, 0) is 24.7 Å². The SMILES string of the molecule is CCCCC(C(=O)OCC(C)C)C(CCCC)C(=O)OCC(C)C. The van der Waals surface area contributed by atoms with Crippen molar-refractivity contribution in [2.75, 3.05) is 13.2 Å². The third kappa shape index (κ3) is 9.94. The van der Waals surface area contributed by atoms with Crippen LogP contribution in [0.3, 0.4) is 0 Å². The average molecular weight is 343 g/mol. The number of carbonyl (C=O) groups is 2. The fourth-order valence-corrected chi connectivity index (χ4v) is 2.53. The summed E-state index contributed by atoms with van der Waals surface area (Å²) in [6.45, 7) is 13.1. The zero-order chi connectivity index (χ0) is 18.5. The van der Waals surface area contributed by atoms with Gasteiger partial charge in [-0.3, -0.25) is 9.59 Å². The molecule has 0 N–H and O–H groups in total. The standard InChI is InChI=1S/C20H38O4/c1-7-9-11-17(19(21)23-13-15(3)4)18(12-10-8-2)20(22)24-14-16(5)6/h15-18H,7-14H2,1-6H3. The minimum Gasteiger partial charge on any atom is -0.465 e. The van der Waals surface area contributed by atoms with Crippen molar-refractivity contribution < 1.29 is 19.1 Å². The number of carbonyl (C=O) groups excluding carboxylic acids is 2. The summed E-state index contributed by atoms with van der Waals surface area (Å²) in [7, 11) is 0. The predicted octanol–water partition coefficient (Wildman–Crippen LogP) is 5.00. The Hall–Kier alpha value is -1.06. The molecule has 24 heavy (non-hydrogen) atoms. The van der Waals surface area contributed by atoms with Gasteiger partial charge in [0.2, 0.25) is 0 Å². The average Bonchev–Trinajstić information content (AvgIpc) is 2.53. The topological polar surface area (TPSA) is 52.6 Å². The van der Waals surface area contributed by atoms with E-state index in [1.165, 1.54) is 0 Å². The summed E-state index contributed by atoms with van der Waals surface area (Å²) < 4.78 is 10.9. The molecule has 0 aromatic heterocycles. The molecule has 4 heteroatoms. The highest BCUT2D eigenvalue weighted by Gasteiger charge is 2.35. The molecule has 2 unspecified atom stereocenters. The van der Waals surface area contributed by atoms with Crippen LogP contribution < -0.4 is 0 Å². The lowest BCUT2D eigenvalue weighted by atomic mass is 9.84. The van der Waals surface area contributed by atoms with E-state index < -0.39 is 0 Å². The van der Waals surface area contributed by atoms with Gasteiger partial charge in [-0.2, -0.15) is 0 Å². The van der Waals surface area contributed by atoms with Crippen molar-refractivity contribution in [3.8, 4) is 0 Å². The van der Waals surface area contributed by atoms with Crippen LogP contribution in [0.2, 0.25) is 0 Å². The predicted molar refractivity (Wildman–Crippen MR) is 97.6 cm³/mol. The molecule has 0 heterocycles. The normalized spacial score (nSPS) is 13.8. The Morgan fingerprint density at radius 2 is 1.04 bits per heavy atom. The van der Waals surface area contributed by atoms with Crippen molar-refractivity contribution in [2.45, 2.75) is 80.1 Å². The van der Waals surface area contributed by atoms with Crippen LogP contribution in [0.5, 0.6) is 0 Å². The highest BCUT2D eigenvalue weighted by Crippen LogP contribution is 2.27. The van der Waals surface area contributed by atoms with E-state index in [1.54, 1.807) is 0 Å². The van der Waals surface area contributed by atoms with Gasteiger partial charge in [0.1, 0.15) is 0 Å². The minimum absolute atomic E-state index is 0.236. The summed E-state index contributed by atoms with van der Waals surface area (Å²) in [5.74, 6) is -0.644. The maximum atomic E-state index is 12.6. The number of rotatable bonds is 13. The fourth-order valence-electron chi connectivity index (χ4n) is 2.53. The van der Waals surface area contributed by atoms with E-state index in [9.17, 15) is 9.59 Å². The molecule has 0 saturated heterocycles. The molecule has 4 nitrogen and oxygen atoms in total. The van der Waals surface area contributed by atoms with Gasteiger partial charge in [-0.1, -0.05) is 67.2 Å². The van der Waals surface area contributed by atoms with Crippen LogP contribution in [0.4, 0.5) is 0 Å². The van der Waals surface area contributed by atoms with Crippen molar-refractivity contribution in [3.63, 3.8) is 0 Å². The van der Waals surface area contributed by atoms with Crippen molar-refractivity contribution in [1.29, 1.82) is 0 Å². The summed E-state index contributed by atoms with van der Waals surface area (Å²) in [5.41, 5.74) is 0. The molecular formula is C20H38O4. The Morgan fingerprint density at radius 1 is 0.708 bits per heavy atom. The largest absolute Gasteiger partial charge is 0.465 e. The molecule has 0 bridgehead atoms. The van der Waals surface area contributed by atoms with E-state index in [4.69, 9.17) is 9.47 Å². The molecule has 0 fully saturated rings. The lowest BCUT2D eigenvalue weighted by molar-refractivity contribution is -0.162. The zero-order valence-corrected chi connectivity index (χ0v) is 16.6. The van der Waals surface area contributed by atoms with Gasteiger partial charge in [0, 0.05) is 0 Å². The molecule has 2 atom stereocenters. The van der Waals surface area contributed by atoms with Gasteiger partial charge in [0.25, 0.3) is 0 Å². The molecular weight excluding hydrogens is 304 g/mol. The molecule has 0 amide bonds. The Bertz CT molecular complexity index is 316. The Labute approximate surface area is 148 Å². The first-order chi connectivity index (χ1) is 11.3. The second-order valence-electron chi connectivity index (χ2n) is 7.55. The van der Waals surface area contributed by atoms with Gasteiger partial charge in [-0.25, -0.2) is 0 Å². The number of esters is 2. The number of ether oxygens (including phenoxy) is 2. The fraction of sp³-hybridized carbons (Fsp3) is 0.900. The van der Waals surface area contributed by atoms with E-state index >= 15 is 0 Å². The third-order valence-electron chi connectivity index (χ3n) is 3.95. The molecule has 142 valence electrons. The van der Waals surface area contributed by atoms with E-state index in [2.05, 4.69) is 13.8 Å².